The molecule has 18 heavy (non-hydrogen) atoms. The van der Waals surface area contributed by atoms with Gasteiger partial charge in [0.05, 0.1) is 6.42 Å². The van der Waals surface area contributed by atoms with Crippen LogP contribution in [0.3, 0.4) is 0 Å². The van der Waals surface area contributed by atoms with Crippen LogP contribution in [0.25, 0.3) is 0 Å². The Kier molecular flexibility index (Phi) is 4.31. The molecule has 1 rings (SSSR count). The van der Waals surface area contributed by atoms with E-state index in [9.17, 15) is 18.0 Å². The van der Waals surface area contributed by atoms with Gasteiger partial charge in [0.2, 0.25) is 0 Å². The first-order valence-electron chi connectivity index (χ1n) is 5.40. The molecule has 0 aliphatic carbocycles. The van der Waals surface area contributed by atoms with Crippen LogP contribution in [0.5, 0.6) is 0 Å². The first-order chi connectivity index (χ1) is 8.22. The fraction of sp³-hybridized carbons (Fsp3) is 0.700. The molecule has 0 amide bonds. The van der Waals surface area contributed by atoms with E-state index in [1.165, 1.54) is 4.57 Å². The summed E-state index contributed by atoms with van der Waals surface area (Å²) in [6.45, 7) is 3.35. The Balaban J connectivity index is 2.90. The molecule has 0 aliphatic rings. The van der Waals surface area contributed by atoms with Gasteiger partial charge in [-0.2, -0.15) is 13.2 Å². The molecule has 1 aromatic heterocycles. The predicted molar refractivity (Wildman–Crippen MR) is 55.9 cm³/mol. The summed E-state index contributed by atoms with van der Waals surface area (Å²) >= 11 is 0. The second-order valence-corrected chi connectivity index (χ2v) is 4.30. The van der Waals surface area contributed by atoms with Crippen LogP contribution in [0.4, 0.5) is 13.2 Å². The molecule has 1 N–H and O–H groups in total. The number of alkyl halides is 3. The zero-order chi connectivity index (χ0) is 13.9. The van der Waals surface area contributed by atoms with Crippen LogP contribution in [-0.2, 0) is 11.2 Å². The molecule has 0 spiro atoms. The molecule has 102 valence electrons. The van der Waals surface area contributed by atoms with E-state index in [0.29, 0.717) is 0 Å². The van der Waals surface area contributed by atoms with Crippen LogP contribution in [0.2, 0.25) is 0 Å². The van der Waals surface area contributed by atoms with Gasteiger partial charge in [-0.05, 0) is 5.92 Å². The Morgan fingerprint density at radius 3 is 2.56 bits per heavy atom. The Morgan fingerprint density at radius 1 is 1.50 bits per heavy atom. The van der Waals surface area contributed by atoms with Crippen molar-refractivity contribution < 1.29 is 23.1 Å². The zero-order valence-corrected chi connectivity index (χ0v) is 9.98. The van der Waals surface area contributed by atoms with Crippen molar-refractivity contribution in [1.29, 1.82) is 0 Å². The molecule has 8 heteroatoms. The molecule has 1 unspecified atom stereocenters. The number of hydrogen-bond acceptors (Lipinski definition) is 3. The van der Waals surface area contributed by atoms with Crippen LogP contribution < -0.4 is 0 Å². The highest BCUT2D eigenvalue weighted by Crippen LogP contribution is 2.24. The number of rotatable bonds is 5. The lowest BCUT2D eigenvalue weighted by Crippen LogP contribution is -2.25. The topological polar surface area (TPSA) is 68.0 Å². The maximum Gasteiger partial charge on any atom is 0.389 e. The van der Waals surface area contributed by atoms with Crippen molar-refractivity contribution in [3.8, 4) is 0 Å². The third kappa shape index (κ3) is 3.71. The van der Waals surface area contributed by atoms with Crippen LogP contribution in [0, 0.1) is 5.92 Å². The number of halogens is 3. The number of aromatic nitrogens is 3. The number of hydrogen-bond donors (Lipinski definition) is 1. The van der Waals surface area contributed by atoms with E-state index >= 15 is 0 Å². The summed E-state index contributed by atoms with van der Waals surface area (Å²) in [6, 6.07) is -0.955. The largest absolute Gasteiger partial charge is 0.480 e. The number of nitrogens with zero attached hydrogens (tertiary/aromatic N) is 3. The molecule has 0 saturated heterocycles. The van der Waals surface area contributed by atoms with Crippen molar-refractivity contribution >= 4 is 5.97 Å². The number of carboxylic acid groups (broad SMARTS) is 1. The smallest absolute Gasteiger partial charge is 0.389 e. The summed E-state index contributed by atoms with van der Waals surface area (Å²) in [6.07, 6.45) is -4.56. The van der Waals surface area contributed by atoms with Gasteiger partial charge < -0.3 is 9.67 Å². The van der Waals surface area contributed by atoms with Gasteiger partial charge in [0.25, 0.3) is 0 Å². The highest BCUT2D eigenvalue weighted by atomic mass is 19.4. The van der Waals surface area contributed by atoms with Crippen LogP contribution in [-0.4, -0.2) is 32.0 Å². The van der Waals surface area contributed by atoms with Gasteiger partial charge in [0, 0.05) is 6.42 Å². The van der Waals surface area contributed by atoms with Crippen molar-refractivity contribution in [1.82, 2.24) is 14.8 Å². The van der Waals surface area contributed by atoms with Crippen molar-refractivity contribution in [2.24, 2.45) is 5.92 Å². The maximum atomic E-state index is 12.1. The average molecular weight is 265 g/mol. The van der Waals surface area contributed by atoms with Gasteiger partial charge >= 0.3 is 12.1 Å². The average Bonchev–Trinajstić information content (AvgIpc) is 2.60. The molecule has 1 atom stereocenters. The summed E-state index contributed by atoms with van der Waals surface area (Å²) < 4.78 is 37.6. The van der Waals surface area contributed by atoms with Crippen molar-refractivity contribution in [3.05, 3.63) is 12.2 Å². The predicted octanol–water partition coefficient (Wildman–Crippen LogP) is 2.05. The summed E-state index contributed by atoms with van der Waals surface area (Å²) in [5.74, 6) is -1.35. The first kappa shape index (κ1) is 14.5. The monoisotopic (exact) mass is 265 g/mol. The maximum absolute atomic E-state index is 12.1. The van der Waals surface area contributed by atoms with E-state index in [4.69, 9.17) is 5.11 Å². The molecule has 0 radical (unpaired) electrons. The molecule has 0 aliphatic heterocycles. The van der Waals surface area contributed by atoms with Crippen LogP contribution in [0.15, 0.2) is 6.33 Å². The molecule has 1 heterocycles. The minimum absolute atomic E-state index is 0.0356. The lowest BCUT2D eigenvalue weighted by Gasteiger charge is -2.19. The molecule has 0 bridgehead atoms. The molecule has 5 nitrogen and oxygen atoms in total. The number of aryl methyl sites for hydroxylation is 1. The second-order valence-electron chi connectivity index (χ2n) is 4.30. The van der Waals surface area contributed by atoms with E-state index in [1.807, 2.05) is 0 Å². The van der Waals surface area contributed by atoms with Crippen molar-refractivity contribution in [2.75, 3.05) is 0 Å². The minimum Gasteiger partial charge on any atom is -0.480 e. The van der Waals surface area contributed by atoms with Crippen molar-refractivity contribution in [3.63, 3.8) is 0 Å². The Bertz CT molecular complexity index is 415. The van der Waals surface area contributed by atoms with E-state index in [0.717, 1.165) is 6.33 Å². The number of aliphatic carboxylic acids is 1. The van der Waals surface area contributed by atoms with E-state index < -0.39 is 24.6 Å². The molecule has 0 saturated carbocycles. The molecular formula is C10H14F3N3O2. The summed E-state index contributed by atoms with van der Waals surface area (Å²) in [4.78, 5) is 11.1. The van der Waals surface area contributed by atoms with Gasteiger partial charge in [0.1, 0.15) is 18.2 Å². The SMILES string of the molecule is CC(C)C(C(=O)O)n1cnnc1CCC(F)(F)F. The number of carboxylic acids is 1. The van der Waals surface area contributed by atoms with Gasteiger partial charge in [-0.25, -0.2) is 4.79 Å². The van der Waals surface area contributed by atoms with E-state index in [1.54, 1.807) is 13.8 Å². The van der Waals surface area contributed by atoms with Gasteiger partial charge in [-0.1, -0.05) is 13.8 Å². The third-order valence-corrected chi connectivity index (χ3v) is 2.46. The van der Waals surface area contributed by atoms with Crippen molar-refractivity contribution in [2.45, 2.75) is 38.9 Å². The molecule has 0 aromatic carbocycles. The third-order valence-electron chi connectivity index (χ3n) is 2.46. The first-order valence-corrected chi connectivity index (χ1v) is 5.40. The fourth-order valence-corrected chi connectivity index (χ4v) is 1.66. The summed E-state index contributed by atoms with van der Waals surface area (Å²) in [5, 5.41) is 16.1. The van der Waals surface area contributed by atoms with Gasteiger partial charge in [0.15, 0.2) is 0 Å². The van der Waals surface area contributed by atoms with Gasteiger partial charge in [-0.3, -0.25) is 0 Å². The zero-order valence-electron chi connectivity index (χ0n) is 9.98. The highest BCUT2D eigenvalue weighted by molar-refractivity contribution is 5.72. The Labute approximate surface area is 102 Å². The molecule has 1 aromatic rings. The summed E-state index contributed by atoms with van der Waals surface area (Å²) in [5.41, 5.74) is 0. The van der Waals surface area contributed by atoms with E-state index in [2.05, 4.69) is 10.2 Å². The standard InChI is InChI=1S/C10H14F3N3O2/c1-6(2)8(9(17)18)16-5-14-15-7(16)3-4-10(11,12)13/h5-6,8H,3-4H2,1-2H3,(H,17,18). The fourth-order valence-electron chi connectivity index (χ4n) is 1.66. The highest BCUT2D eigenvalue weighted by Gasteiger charge is 2.30. The van der Waals surface area contributed by atoms with Crippen LogP contribution in [0.1, 0.15) is 32.1 Å². The number of carbonyl (C=O) groups is 1. The van der Waals surface area contributed by atoms with Crippen LogP contribution >= 0.6 is 0 Å². The van der Waals surface area contributed by atoms with E-state index in [-0.39, 0.29) is 18.2 Å². The lowest BCUT2D eigenvalue weighted by molar-refractivity contribution is -0.142. The minimum atomic E-state index is -4.30. The second kappa shape index (κ2) is 5.36. The molecule has 0 fully saturated rings. The Hall–Kier alpha value is -1.60. The normalized spacial score (nSPS) is 13.9. The summed E-state index contributed by atoms with van der Waals surface area (Å²) in [7, 11) is 0. The van der Waals surface area contributed by atoms with Gasteiger partial charge in [-0.15, -0.1) is 10.2 Å². The lowest BCUT2D eigenvalue weighted by atomic mass is 10.0. The quantitative estimate of drug-likeness (QED) is 0.884. The molecular weight excluding hydrogens is 251 g/mol. The Morgan fingerprint density at radius 2 is 2.11 bits per heavy atom.